The Balaban J connectivity index is 1.61. The molecular formula is C24H27N3O3S. The molecule has 0 aliphatic carbocycles. The summed E-state index contributed by atoms with van der Waals surface area (Å²) < 4.78 is 28.2. The number of carbonyl (C=O) groups is 1. The lowest BCUT2D eigenvalue weighted by Crippen LogP contribution is -2.27. The van der Waals surface area contributed by atoms with E-state index in [1.165, 1.54) is 12.1 Å². The Morgan fingerprint density at radius 3 is 2.29 bits per heavy atom. The van der Waals surface area contributed by atoms with E-state index in [1.54, 1.807) is 25.1 Å². The van der Waals surface area contributed by atoms with Crippen molar-refractivity contribution >= 4 is 27.3 Å². The number of sulfonamides is 1. The third kappa shape index (κ3) is 6.08. The average molecular weight is 438 g/mol. The molecule has 7 heteroatoms. The first kappa shape index (κ1) is 22.4. The van der Waals surface area contributed by atoms with Gasteiger partial charge in [0.15, 0.2) is 0 Å². The summed E-state index contributed by atoms with van der Waals surface area (Å²) in [6, 6.07) is 21.6. The number of carbonyl (C=O) groups excluding carboxylic acids is 1. The zero-order valence-corrected chi connectivity index (χ0v) is 18.5. The van der Waals surface area contributed by atoms with Crippen LogP contribution < -0.4 is 15.4 Å². The topological polar surface area (TPSA) is 87.3 Å². The molecule has 0 unspecified atom stereocenters. The molecule has 0 radical (unpaired) electrons. The molecule has 3 aromatic carbocycles. The second-order valence-electron chi connectivity index (χ2n) is 7.30. The second kappa shape index (κ2) is 10.1. The Morgan fingerprint density at radius 2 is 1.55 bits per heavy atom. The van der Waals surface area contributed by atoms with Crippen molar-refractivity contribution < 1.29 is 13.2 Å². The largest absolute Gasteiger partial charge is 0.385 e. The maximum atomic E-state index is 12.8. The fourth-order valence-corrected chi connectivity index (χ4v) is 4.23. The van der Waals surface area contributed by atoms with Gasteiger partial charge in [-0.05, 0) is 61.7 Å². The summed E-state index contributed by atoms with van der Waals surface area (Å²) in [6.07, 6.45) is 0.743. The van der Waals surface area contributed by atoms with Crippen LogP contribution in [0, 0.1) is 13.8 Å². The molecule has 3 rings (SSSR count). The van der Waals surface area contributed by atoms with E-state index >= 15 is 0 Å². The number of nitrogens with one attached hydrogen (secondary N) is 3. The highest BCUT2D eigenvalue weighted by molar-refractivity contribution is 7.92. The molecule has 1 amide bonds. The molecule has 0 atom stereocenters. The Bertz CT molecular complexity index is 1150. The fraction of sp³-hybridized carbons (Fsp3) is 0.208. The normalized spacial score (nSPS) is 11.0. The van der Waals surface area contributed by atoms with Crippen LogP contribution in [0.4, 0.5) is 11.4 Å². The number of benzene rings is 3. The molecule has 0 aliphatic heterocycles. The first-order valence-electron chi connectivity index (χ1n) is 10.1. The van der Waals surface area contributed by atoms with Crippen LogP contribution in [0.3, 0.4) is 0 Å². The monoisotopic (exact) mass is 437 g/mol. The minimum absolute atomic E-state index is 0.0530. The van der Waals surface area contributed by atoms with Crippen LogP contribution in [0.15, 0.2) is 77.7 Å². The van der Waals surface area contributed by atoms with Crippen LogP contribution in [-0.4, -0.2) is 27.4 Å². The lowest BCUT2D eigenvalue weighted by atomic mass is 10.1. The summed E-state index contributed by atoms with van der Waals surface area (Å²) in [6.45, 7) is 4.82. The summed E-state index contributed by atoms with van der Waals surface area (Å²) in [5.74, 6) is -0.287. The number of rotatable bonds is 9. The maximum Gasteiger partial charge on any atom is 0.261 e. The molecule has 0 fully saturated rings. The van der Waals surface area contributed by atoms with Crippen LogP contribution in [-0.2, 0) is 10.0 Å². The van der Waals surface area contributed by atoms with E-state index in [0.29, 0.717) is 17.8 Å². The van der Waals surface area contributed by atoms with E-state index in [4.69, 9.17) is 0 Å². The summed E-state index contributed by atoms with van der Waals surface area (Å²) >= 11 is 0. The molecule has 0 aromatic heterocycles. The van der Waals surface area contributed by atoms with Gasteiger partial charge in [-0.1, -0.05) is 42.5 Å². The van der Waals surface area contributed by atoms with Crippen molar-refractivity contribution in [3.63, 3.8) is 0 Å². The smallest absolute Gasteiger partial charge is 0.261 e. The zero-order valence-electron chi connectivity index (χ0n) is 17.7. The quantitative estimate of drug-likeness (QED) is 0.435. The predicted molar refractivity (Wildman–Crippen MR) is 125 cm³/mol. The van der Waals surface area contributed by atoms with Crippen molar-refractivity contribution in [2.75, 3.05) is 23.1 Å². The number of amides is 1. The van der Waals surface area contributed by atoms with E-state index in [2.05, 4.69) is 15.4 Å². The number of para-hydroxylation sites is 2. The van der Waals surface area contributed by atoms with Crippen LogP contribution in [0.5, 0.6) is 0 Å². The molecule has 0 saturated carbocycles. The second-order valence-corrected chi connectivity index (χ2v) is 8.98. The molecular weight excluding hydrogens is 410 g/mol. The van der Waals surface area contributed by atoms with Crippen molar-refractivity contribution in [2.24, 2.45) is 0 Å². The van der Waals surface area contributed by atoms with E-state index in [-0.39, 0.29) is 10.8 Å². The molecule has 3 aromatic rings. The van der Waals surface area contributed by atoms with Gasteiger partial charge in [-0.15, -0.1) is 0 Å². The fourth-order valence-electron chi connectivity index (χ4n) is 3.08. The van der Waals surface area contributed by atoms with Gasteiger partial charge < -0.3 is 10.6 Å². The third-order valence-electron chi connectivity index (χ3n) is 4.90. The summed E-state index contributed by atoms with van der Waals surface area (Å²) in [4.78, 5) is 12.7. The van der Waals surface area contributed by atoms with Crippen LogP contribution in [0.2, 0.25) is 0 Å². The molecule has 3 N–H and O–H groups in total. The SMILES string of the molecule is Cc1ccccc1NS(=O)(=O)c1ccc(C)c(C(=O)NCCCNc2ccccc2)c1. The highest BCUT2D eigenvalue weighted by Gasteiger charge is 2.18. The lowest BCUT2D eigenvalue weighted by Gasteiger charge is -2.13. The van der Waals surface area contributed by atoms with Crippen LogP contribution in [0.25, 0.3) is 0 Å². The average Bonchev–Trinajstić information content (AvgIpc) is 2.76. The summed E-state index contributed by atoms with van der Waals surface area (Å²) in [7, 11) is -3.81. The molecule has 0 heterocycles. The minimum Gasteiger partial charge on any atom is -0.385 e. The first-order chi connectivity index (χ1) is 14.9. The molecule has 0 saturated heterocycles. The van der Waals surface area contributed by atoms with Crippen molar-refractivity contribution in [3.05, 3.63) is 89.5 Å². The van der Waals surface area contributed by atoms with E-state index in [9.17, 15) is 13.2 Å². The summed E-state index contributed by atoms with van der Waals surface area (Å²) in [5.41, 5.74) is 3.43. The Morgan fingerprint density at radius 1 is 0.839 bits per heavy atom. The third-order valence-corrected chi connectivity index (χ3v) is 6.26. The van der Waals surface area contributed by atoms with Crippen molar-refractivity contribution in [3.8, 4) is 0 Å². The lowest BCUT2D eigenvalue weighted by molar-refractivity contribution is 0.0952. The van der Waals surface area contributed by atoms with Crippen LogP contribution >= 0.6 is 0 Å². The molecule has 0 spiro atoms. The Kier molecular flexibility index (Phi) is 7.31. The van der Waals surface area contributed by atoms with Crippen molar-refractivity contribution in [1.82, 2.24) is 5.32 Å². The van der Waals surface area contributed by atoms with Crippen molar-refractivity contribution in [2.45, 2.75) is 25.2 Å². The van der Waals surface area contributed by atoms with Crippen LogP contribution in [0.1, 0.15) is 27.9 Å². The first-order valence-corrected chi connectivity index (χ1v) is 11.6. The molecule has 0 bridgehead atoms. The van der Waals surface area contributed by atoms with E-state index in [1.807, 2.05) is 49.4 Å². The van der Waals surface area contributed by atoms with Gasteiger partial charge in [0.1, 0.15) is 0 Å². The van der Waals surface area contributed by atoms with Gasteiger partial charge in [0, 0.05) is 24.3 Å². The minimum atomic E-state index is -3.81. The highest BCUT2D eigenvalue weighted by atomic mass is 32.2. The number of hydrogen-bond donors (Lipinski definition) is 3. The number of aryl methyl sites for hydroxylation is 2. The Labute approximate surface area is 183 Å². The maximum absolute atomic E-state index is 12.8. The van der Waals surface area contributed by atoms with Gasteiger partial charge in [0.25, 0.3) is 15.9 Å². The van der Waals surface area contributed by atoms with Gasteiger partial charge in [0.2, 0.25) is 0 Å². The molecule has 31 heavy (non-hydrogen) atoms. The zero-order chi connectivity index (χ0) is 22.3. The van der Waals surface area contributed by atoms with Crippen molar-refractivity contribution in [1.29, 1.82) is 0 Å². The highest BCUT2D eigenvalue weighted by Crippen LogP contribution is 2.21. The van der Waals surface area contributed by atoms with E-state index < -0.39 is 10.0 Å². The predicted octanol–water partition coefficient (Wildman–Crippen LogP) is 4.34. The summed E-state index contributed by atoms with van der Waals surface area (Å²) in [5, 5.41) is 6.16. The molecule has 6 nitrogen and oxygen atoms in total. The van der Waals surface area contributed by atoms with Gasteiger partial charge >= 0.3 is 0 Å². The Hall–Kier alpha value is -3.32. The molecule has 0 aliphatic rings. The standard InChI is InChI=1S/C24H27N3O3S/c1-18-13-14-21(31(29,30)27-23-12-7-6-9-19(23)2)17-22(18)24(28)26-16-8-15-25-20-10-4-3-5-11-20/h3-7,9-14,17,25,27H,8,15-16H2,1-2H3,(H,26,28). The van der Waals surface area contributed by atoms with E-state index in [0.717, 1.165) is 29.8 Å². The van der Waals surface area contributed by atoms with Gasteiger partial charge in [-0.25, -0.2) is 8.42 Å². The number of hydrogen-bond acceptors (Lipinski definition) is 4. The van der Waals surface area contributed by atoms with Gasteiger partial charge in [-0.3, -0.25) is 9.52 Å². The molecule has 162 valence electrons. The number of anilines is 2. The van der Waals surface area contributed by atoms with Gasteiger partial charge in [0.05, 0.1) is 10.6 Å². The van der Waals surface area contributed by atoms with Gasteiger partial charge in [-0.2, -0.15) is 0 Å².